The summed E-state index contributed by atoms with van der Waals surface area (Å²) in [6, 6.07) is 18.6. The zero-order chi connectivity index (χ0) is 18.2. The molecule has 1 saturated heterocycles. The maximum absolute atomic E-state index is 10.3. The van der Waals surface area contributed by atoms with E-state index < -0.39 is 6.10 Å². The lowest BCUT2D eigenvalue weighted by Crippen LogP contribution is -2.38. The molecule has 0 spiro atoms. The number of hydrogen-bond donors (Lipinski definition) is 1. The standard InChI is InChI=1S/C22H30N2O2/c1-19-7-5-10-22(15-19)26-18-21(25)17-24-12-6-11-23(13-14-24)16-20-8-3-2-4-9-20/h2-5,7-10,15,21,25H,6,11-14,16-18H2,1H3. The third-order valence-corrected chi connectivity index (χ3v) is 4.83. The molecule has 1 N–H and O–H groups in total. The average molecular weight is 354 g/mol. The van der Waals surface area contributed by atoms with Gasteiger partial charge in [0.1, 0.15) is 18.5 Å². The first-order valence-corrected chi connectivity index (χ1v) is 9.55. The molecule has 140 valence electrons. The van der Waals surface area contributed by atoms with Crippen LogP contribution in [-0.4, -0.2) is 60.3 Å². The zero-order valence-corrected chi connectivity index (χ0v) is 15.7. The fourth-order valence-corrected chi connectivity index (χ4v) is 3.45. The molecule has 1 unspecified atom stereocenters. The highest BCUT2D eigenvalue weighted by atomic mass is 16.5. The molecule has 1 heterocycles. The number of aliphatic hydroxyl groups is 1. The minimum absolute atomic E-state index is 0.341. The van der Waals surface area contributed by atoms with Crippen LogP contribution >= 0.6 is 0 Å². The number of rotatable bonds is 7. The van der Waals surface area contributed by atoms with E-state index in [0.717, 1.165) is 44.9 Å². The fraction of sp³-hybridized carbons (Fsp3) is 0.455. The maximum Gasteiger partial charge on any atom is 0.119 e. The Kier molecular flexibility index (Phi) is 7.06. The van der Waals surface area contributed by atoms with Gasteiger partial charge in [-0.05, 0) is 49.7 Å². The van der Waals surface area contributed by atoms with Gasteiger partial charge in [0.15, 0.2) is 0 Å². The van der Waals surface area contributed by atoms with Crippen molar-refractivity contribution in [1.82, 2.24) is 9.80 Å². The number of β-amino-alcohol motifs (C(OH)–C–C–N with tert-alkyl or cyclic N) is 1. The van der Waals surface area contributed by atoms with E-state index in [4.69, 9.17) is 4.74 Å². The molecular weight excluding hydrogens is 324 g/mol. The summed E-state index contributed by atoms with van der Waals surface area (Å²) in [6.07, 6.45) is 0.675. The summed E-state index contributed by atoms with van der Waals surface area (Å²) in [5.41, 5.74) is 2.54. The fourth-order valence-electron chi connectivity index (χ4n) is 3.45. The molecule has 1 atom stereocenters. The molecule has 0 saturated carbocycles. The lowest BCUT2D eigenvalue weighted by molar-refractivity contribution is 0.0692. The maximum atomic E-state index is 10.3. The molecule has 2 aromatic carbocycles. The molecule has 0 radical (unpaired) electrons. The van der Waals surface area contributed by atoms with Crippen molar-refractivity contribution in [1.29, 1.82) is 0 Å². The van der Waals surface area contributed by atoms with Gasteiger partial charge < -0.3 is 9.84 Å². The van der Waals surface area contributed by atoms with Crippen LogP contribution in [0.4, 0.5) is 0 Å². The van der Waals surface area contributed by atoms with Crippen molar-refractivity contribution in [2.45, 2.75) is 26.0 Å². The second-order valence-electron chi connectivity index (χ2n) is 7.20. The second kappa shape index (κ2) is 9.72. The molecule has 1 fully saturated rings. The molecule has 1 aliphatic heterocycles. The van der Waals surface area contributed by atoms with Crippen LogP contribution in [0.2, 0.25) is 0 Å². The van der Waals surface area contributed by atoms with Crippen LogP contribution in [0.25, 0.3) is 0 Å². The highest BCUT2D eigenvalue weighted by molar-refractivity contribution is 5.27. The topological polar surface area (TPSA) is 35.9 Å². The van der Waals surface area contributed by atoms with E-state index in [9.17, 15) is 5.11 Å². The van der Waals surface area contributed by atoms with Crippen molar-refractivity contribution in [3.63, 3.8) is 0 Å². The monoisotopic (exact) mass is 354 g/mol. The van der Waals surface area contributed by atoms with Crippen LogP contribution in [0.3, 0.4) is 0 Å². The summed E-state index contributed by atoms with van der Waals surface area (Å²) in [5.74, 6) is 0.828. The second-order valence-corrected chi connectivity index (χ2v) is 7.20. The molecular formula is C22H30N2O2. The average Bonchev–Trinajstić information content (AvgIpc) is 2.86. The normalized spacial score (nSPS) is 17.6. The van der Waals surface area contributed by atoms with Gasteiger partial charge in [-0.15, -0.1) is 0 Å². The van der Waals surface area contributed by atoms with Gasteiger partial charge in [-0.25, -0.2) is 0 Å². The summed E-state index contributed by atoms with van der Waals surface area (Å²) in [6.45, 7) is 8.25. The molecule has 3 rings (SSSR count). The van der Waals surface area contributed by atoms with Crippen LogP contribution in [0.5, 0.6) is 5.75 Å². The Balaban J connectivity index is 1.41. The Morgan fingerprint density at radius 3 is 2.54 bits per heavy atom. The predicted molar refractivity (Wildman–Crippen MR) is 105 cm³/mol. The molecule has 2 aromatic rings. The molecule has 1 aliphatic rings. The quantitative estimate of drug-likeness (QED) is 0.829. The molecule has 4 heteroatoms. The number of ether oxygens (including phenoxy) is 1. The van der Waals surface area contributed by atoms with Crippen molar-refractivity contribution < 1.29 is 9.84 Å². The minimum atomic E-state index is -0.462. The van der Waals surface area contributed by atoms with Crippen molar-refractivity contribution in [2.24, 2.45) is 0 Å². The van der Waals surface area contributed by atoms with E-state index in [1.165, 1.54) is 11.1 Å². The molecule has 0 amide bonds. The summed E-state index contributed by atoms with van der Waals surface area (Å²) in [7, 11) is 0. The number of nitrogens with zero attached hydrogens (tertiary/aromatic N) is 2. The molecule has 0 aromatic heterocycles. The molecule has 4 nitrogen and oxygen atoms in total. The lowest BCUT2D eigenvalue weighted by Gasteiger charge is -2.24. The number of benzene rings is 2. The third kappa shape index (κ3) is 6.13. The van der Waals surface area contributed by atoms with Crippen LogP contribution in [-0.2, 0) is 6.54 Å². The Labute approximate surface area is 157 Å². The van der Waals surface area contributed by atoms with Crippen molar-refractivity contribution >= 4 is 0 Å². The first-order chi connectivity index (χ1) is 12.7. The van der Waals surface area contributed by atoms with Gasteiger partial charge in [0.25, 0.3) is 0 Å². The van der Waals surface area contributed by atoms with E-state index in [1.54, 1.807) is 0 Å². The highest BCUT2D eigenvalue weighted by Gasteiger charge is 2.18. The van der Waals surface area contributed by atoms with E-state index in [1.807, 2.05) is 31.2 Å². The van der Waals surface area contributed by atoms with Gasteiger partial charge in [0, 0.05) is 26.2 Å². The van der Waals surface area contributed by atoms with Crippen molar-refractivity contribution in [2.75, 3.05) is 39.3 Å². The van der Waals surface area contributed by atoms with Crippen LogP contribution < -0.4 is 4.74 Å². The van der Waals surface area contributed by atoms with Crippen LogP contribution in [0.1, 0.15) is 17.5 Å². The van der Waals surface area contributed by atoms with Crippen LogP contribution in [0.15, 0.2) is 54.6 Å². The van der Waals surface area contributed by atoms with Gasteiger partial charge in [-0.2, -0.15) is 0 Å². The number of aryl methyl sites for hydroxylation is 1. The van der Waals surface area contributed by atoms with Crippen molar-refractivity contribution in [3.8, 4) is 5.75 Å². The lowest BCUT2D eigenvalue weighted by atomic mass is 10.2. The van der Waals surface area contributed by atoms with E-state index in [2.05, 4.69) is 40.1 Å². The van der Waals surface area contributed by atoms with Gasteiger partial charge in [-0.1, -0.05) is 42.5 Å². The van der Waals surface area contributed by atoms with Gasteiger partial charge >= 0.3 is 0 Å². The summed E-state index contributed by atoms with van der Waals surface area (Å²) >= 11 is 0. The Morgan fingerprint density at radius 2 is 1.73 bits per heavy atom. The molecule has 0 bridgehead atoms. The smallest absolute Gasteiger partial charge is 0.119 e. The number of aliphatic hydroxyl groups excluding tert-OH is 1. The van der Waals surface area contributed by atoms with Gasteiger partial charge in [-0.3, -0.25) is 9.80 Å². The number of hydrogen-bond acceptors (Lipinski definition) is 4. The highest BCUT2D eigenvalue weighted by Crippen LogP contribution is 2.13. The van der Waals surface area contributed by atoms with E-state index in [-0.39, 0.29) is 0 Å². The predicted octanol–water partition coefficient (Wildman–Crippen LogP) is 2.94. The first-order valence-electron chi connectivity index (χ1n) is 9.55. The largest absolute Gasteiger partial charge is 0.491 e. The molecule has 26 heavy (non-hydrogen) atoms. The third-order valence-electron chi connectivity index (χ3n) is 4.83. The first kappa shape index (κ1) is 18.9. The summed E-state index contributed by atoms with van der Waals surface area (Å²) in [4.78, 5) is 4.86. The Hall–Kier alpha value is -1.88. The van der Waals surface area contributed by atoms with Gasteiger partial charge in [0.2, 0.25) is 0 Å². The van der Waals surface area contributed by atoms with E-state index in [0.29, 0.717) is 13.2 Å². The van der Waals surface area contributed by atoms with Crippen molar-refractivity contribution in [3.05, 3.63) is 65.7 Å². The van der Waals surface area contributed by atoms with Gasteiger partial charge in [0.05, 0.1) is 0 Å². The SMILES string of the molecule is Cc1cccc(OCC(O)CN2CCCN(Cc3ccccc3)CC2)c1. The summed E-state index contributed by atoms with van der Waals surface area (Å²) in [5, 5.41) is 10.3. The van der Waals surface area contributed by atoms with Crippen LogP contribution in [0, 0.1) is 6.92 Å². The zero-order valence-electron chi connectivity index (χ0n) is 15.7. The minimum Gasteiger partial charge on any atom is -0.491 e. The Morgan fingerprint density at radius 1 is 0.962 bits per heavy atom. The van der Waals surface area contributed by atoms with E-state index >= 15 is 0 Å². The Bertz CT molecular complexity index is 662. The summed E-state index contributed by atoms with van der Waals surface area (Å²) < 4.78 is 5.73. The molecule has 0 aliphatic carbocycles.